The Morgan fingerprint density at radius 3 is 2.50 bits per heavy atom. The van der Waals surface area contributed by atoms with E-state index < -0.39 is 11.0 Å². The molecule has 4 nitrogen and oxygen atoms in total. The number of aliphatic hydroxyl groups is 1. The van der Waals surface area contributed by atoms with Crippen molar-refractivity contribution in [2.24, 2.45) is 0 Å². The molecule has 1 heterocycles. The van der Waals surface area contributed by atoms with Gasteiger partial charge in [0.15, 0.2) is 0 Å². The summed E-state index contributed by atoms with van der Waals surface area (Å²) in [6.07, 6.45) is 3.77. The second-order valence-corrected chi connectivity index (χ2v) is 6.84. The maximum absolute atomic E-state index is 12.8. The molecule has 2 aliphatic rings. The molecule has 1 aromatic rings. The fourth-order valence-electron chi connectivity index (χ4n) is 3.34. The van der Waals surface area contributed by atoms with E-state index in [1.807, 2.05) is 24.3 Å². The zero-order chi connectivity index (χ0) is 15.6. The van der Waals surface area contributed by atoms with E-state index in [4.69, 9.17) is 16.3 Å². The summed E-state index contributed by atoms with van der Waals surface area (Å²) in [4.78, 5) is 12.8. The summed E-state index contributed by atoms with van der Waals surface area (Å²) in [6, 6.07) is 7.56. The lowest BCUT2D eigenvalue weighted by Crippen LogP contribution is -2.54. The molecule has 0 bridgehead atoms. The molecule has 1 saturated heterocycles. The van der Waals surface area contributed by atoms with Gasteiger partial charge in [-0.25, -0.2) is 0 Å². The summed E-state index contributed by atoms with van der Waals surface area (Å²) in [5.74, 6) is -0.0215. The molecule has 0 atom stereocenters. The molecule has 1 amide bonds. The van der Waals surface area contributed by atoms with Crippen molar-refractivity contribution in [3.8, 4) is 0 Å². The number of carbonyl (C=O) groups is 1. The topological polar surface area (TPSA) is 58.6 Å². The van der Waals surface area contributed by atoms with Crippen LogP contribution >= 0.6 is 11.6 Å². The Kier molecular flexibility index (Phi) is 4.44. The van der Waals surface area contributed by atoms with Crippen molar-refractivity contribution in [1.82, 2.24) is 5.32 Å². The number of nitrogens with one attached hydrogen (secondary N) is 1. The number of carbonyl (C=O) groups excluding carboxylic acids is 1. The number of benzene rings is 1. The van der Waals surface area contributed by atoms with Gasteiger partial charge in [0.1, 0.15) is 0 Å². The van der Waals surface area contributed by atoms with Gasteiger partial charge in [-0.3, -0.25) is 4.79 Å². The van der Waals surface area contributed by atoms with E-state index in [9.17, 15) is 9.90 Å². The Bertz CT molecular complexity index is 551. The molecule has 0 aromatic heterocycles. The van der Waals surface area contributed by atoms with Crippen LogP contribution in [0.25, 0.3) is 0 Å². The minimum atomic E-state index is -0.848. The molecule has 0 spiro atoms. The molecule has 3 rings (SSSR count). The number of amides is 1. The minimum absolute atomic E-state index is 0.0215. The van der Waals surface area contributed by atoms with Gasteiger partial charge < -0.3 is 15.2 Å². The van der Waals surface area contributed by atoms with Gasteiger partial charge in [-0.05, 0) is 24.5 Å². The van der Waals surface area contributed by atoms with Crippen molar-refractivity contribution in [2.75, 3.05) is 19.8 Å². The highest BCUT2D eigenvalue weighted by atomic mass is 35.5. The summed E-state index contributed by atoms with van der Waals surface area (Å²) >= 11 is 6.30. The Balaban J connectivity index is 1.71. The second kappa shape index (κ2) is 6.19. The zero-order valence-electron chi connectivity index (χ0n) is 12.6. The van der Waals surface area contributed by atoms with Crippen molar-refractivity contribution in [3.63, 3.8) is 0 Å². The monoisotopic (exact) mass is 323 g/mol. The highest BCUT2D eigenvalue weighted by Crippen LogP contribution is 2.46. The van der Waals surface area contributed by atoms with Gasteiger partial charge in [0, 0.05) is 37.6 Å². The lowest BCUT2D eigenvalue weighted by atomic mass is 9.63. The third kappa shape index (κ3) is 2.87. The molecule has 2 N–H and O–H groups in total. The molecule has 1 aliphatic carbocycles. The maximum Gasteiger partial charge on any atom is 0.230 e. The van der Waals surface area contributed by atoms with Crippen LogP contribution in [-0.2, 0) is 14.9 Å². The Hall–Kier alpha value is -1.10. The summed E-state index contributed by atoms with van der Waals surface area (Å²) < 4.78 is 5.27. The molecular formula is C17H22ClNO3. The number of ether oxygens (including phenoxy) is 1. The quantitative estimate of drug-likeness (QED) is 0.894. The average molecular weight is 324 g/mol. The average Bonchev–Trinajstić information content (AvgIpc) is 2.47. The highest BCUT2D eigenvalue weighted by Gasteiger charge is 2.47. The predicted molar refractivity (Wildman–Crippen MR) is 85.0 cm³/mol. The van der Waals surface area contributed by atoms with Crippen LogP contribution in [0.3, 0.4) is 0 Å². The van der Waals surface area contributed by atoms with Crippen LogP contribution < -0.4 is 5.32 Å². The van der Waals surface area contributed by atoms with Crippen molar-refractivity contribution in [3.05, 3.63) is 34.9 Å². The third-order valence-electron chi connectivity index (χ3n) is 5.03. The molecule has 5 heteroatoms. The van der Waals surface area contributed by atoms with E-state index in [0.29, 0.717) is 31.1 Å². The summed E-state index contributed by atoms with van der Waals surface area (Å²) in [5.41, 5.74) is -0.474. The number of halogens is 1. The van der Waals surface area contributed by atoms with Crippen LogP contribution in [0.5, 0.6) is 0 Å². The van der Waals surface area contributed by atoms with Crippen molar-refractivity contribution in [1.29, 1.82) is 0 Å². The van der Waals surface area contributed by atoms with Crippen LogP contribution in [0, 0.1) is 0 Å². The Morgan fingerprint density at radius 2 is 1.91 bits per heavy atom. The van der Waals surface area contributed by atoms with Crippen molar-refractivity contribution in [2.45, 2.75) is 43.1 Å². The van der Waals surface area contributed by atoms with Crippen LogP contribution in [-0.4, -0.2) is 36.4 Å². The van der Waals surface area contributed by atoms with Crippen LogP contribution in [0.2, 0.25) is 5.02 Å². The van der Waals surface area contributed by atoms with Gasteiger partial charge in [0.05, 0.1) is 11.0 Å². The van der Waals surface area contributed by atoms with Gasteiger partial charge in [0.25, 0.3) is 0 Å². The maximum atomic E-state index is 12.8. The van der Waals surface area contributed by atoms with E-state index in [0.717, 1.165) is 24.8 Å². The van der Waals surface area contributed by atoms with E-state index >= 15 is 0 Å². The molecule has 22 heavy (non-hydrogen) atoms. The number of hydrogen-bond acceptors (Lipinski definition) is 3. The molecular weight excluding hydrogens is 302 g/mol. The van der Waals surface area contributed by atoms with Crippen molar-refractivity contribution < 1.29 is 14.6 Å². The van der Waals surface area contributed by atoms with Crippen LogP contribution in [0.4, 0.5) is 0 Å². The first kappa shape index (κ1) is 15.8. The van der Waals surface area contributed by atoms with E-state index in [2.05, 4.69) is 5.32 Å². The molecule has 1 aliphatic heterocycles. The van der Waals surface area contributed by atoms with Crippen LogP contribution in [0.1, 0.15) is 37.7 Å². The third-order valence-corrected chi connectivity index (χ3v) is 5.36. The standard InChI is InChI=1S/C17H22ClNO3/c18-14-5-2-1-4-13(14)17(6-3-7-17)15(20)19-12-16(21)8-10-22-11-9-16/h1-2,4-5,21H,3,6-12H2,(H,19,20). The molecule has 0 unspecified atom stereocenters. The second-order valence-electron chi connectivity index (χ2n) is 6.43. The van der Waals surface area contributed by atoms with Crippen molar-refractivity contribution >= 4 is 17.5 Å². The first-order valence-electron chi connectivity index (χ1n) is 7.89. The largest absolute Gasteiger partial charge is 0.388 e. The first-order valence-corrected chi connectivity index (χ1v) is 8.27. The molecule has 2 fully saturated rings. The number of rotatable bonds is 4. The molecule has 1 saturated carbocycles. The lowest BCUT2D eigenvalue weighted by molar-refractivity contribution is -0.132. The van der Waals surface area contributed by atoms with E-state index in [1.165, 1.54) is 0 Å². The lowest BCUT2D eigenvalue weighted by Gasteiger charge is -2.42. The van der Waals surface area contributed by atoms with Crippen LogP contribution in [0.15, 0.2) is 24.3 Å². The fraction of sp³-hybridized carbons (Fsp3) is 0.588. The van der Waals surface area contributed by atoms with Gasteiger partial charge in [0.2, 0.25) is 5.91 Å². The highest BCUT2D eigenvalue weighted by molar-refractivity contribution is 6.31. The Morgan fingerprint density at radius 1 is 1.23 bits per heavy atom. The normalized spacial score (nSPS) is 22.6. The van der Waals surface area contributed by atoms with E-state index in [1.54, 1.807) is 0 Å². The SMILES string of the molecule is O=C(NCC1(O)CCOCC1)C1(c2ccccc2Cl)CCC1. The summed E-state index contributed by atoms with van der Waals surface area (Å²) in [7, 11) is 0. The van der Waals surface area contributed by atoms with E-state index in [-0.39, 0.29) is 12.5 Å². The van der Waals surface area contributed by atoms with Gasteiger partial charge >= 0.3 is 0 Å². The van der Waals surface area contributed by atoms with Gasteiger partial charge in [-0.15, -0.1) is 0 Å². The summed E-state index contributed by atoms with van der Waals surface area (Å²) in [6.45, 7) is 1.37. The van der Waals surface area contributed by atoms with Gasteiger partial charge in [-0.1, -0.05) is 36.2 Å². The summed E-state index contributed by atoms with van der Waals surface area (Å²) in [5, 5.41) is 14.1. The Labute approximate surface area is 135 Å². The fourth-order valence-corrected chi connectivity index (χ4v) is 3.66. The predicted octanol–water partition coefficient (Wildman–Crippen LogP) is 2.42. The smallest absolute Gasteiger partial charge is 0.230 e. The molecule has 1 aromatic carbocycles. The molecule has 0 radical (unpaired) electrons. The van der Waals surface area contributed by atoms with Gasteiger partial charge in [-0.2, -0.15) is 0 Å². The zero-order valence-corrected chi connectivity index (χ0v) is 13.4. The minimum Gasteiger partial charge on any atom is -0.388 e. The number of hydrogen-bond donors (Lipinski definition) is 2. The molecule has 120 valence electrons. The first-order chi connectivity index (χ1) is 10.6.